The number of hydrogen-bond donors (Lipinski definition) is 1. The van der Waals surface area contributed by atoms with Crippen LogP contribution in [-0.4, -0.2) is 36.6 Å². The molecule has 21 heavy (non-hydrogen) atoms. The number of nitrogens with zero attached hydrogens (tertiary/aromatic N) is 1. The Morgan fingerprint density at radius 3 is 2.57 bits per heavy atom. The molecule has 1 aromatic rings. The fourth-order valence-electron chi connectivity index (χ4n) is 3.92. The summed E-state index contributed by atoms with van der Waals surface area (Å²) in [4.78, 5) is 2.62. The van der Waals surface area contributed by atoms with Crippen LogP contribution >= 0.6 is 0 Å². The van der Waals surface area contributed by atoms with E-state index in [1.54, 1.807) is 5.56 Å². The van der Waals surface area contributed by atoms with Crippen LogP contribution in [0.5, 0.6) is 0 Å². The van der Waals surface area contributed by atoms with Crippen molar-refractivity contribution in [1.82, 2.24) is 10.2 Å². The number of benzene rings is 1. The molecule has 1 aromatic carbocycles. The Morgan fingerprint density at radius 1 is 1.14 bits per heavy atom. The second-order valence-electron chi connectivity index (χ2n) is 7.06. The third-order valence-corrected chi connectivity index (χ3v) is 5.25. The van der Waals surface area contributed by atoms with E-state index in [1.807, 2.05) is 0 Å². The molecule has 1 aliphatic carbocycles. The van der Waals surface area contributed by atoms with E-state index in [-0.39, 0.29) is 0 Å². The Hall–Kier alpha value is -0.860. The second kappa shape index (κ2) is 6.93. The fourth-order valence-corrected chi connectivity index (χ4v) is 3.92. The summed E-state index contributed by atoms with van der Waals surface area (Å²) in [6, 6.07) is 10.6. The molecule has 1 heterocycles. The number of piperidine rings is 1. The summed E-state index contributed by atoms with van der Waals surface area (Å²) in [6.07, 6.45) is 6.63. The maximum absolute atomic E-state index is 3.91. The first-order valence-electron chi connectivity index (χ1n) is 8.79. The highest BCUT2D eigenvalue weighted by atomic mass is 15.1. The minimum Gasteiger partial charge on any atom is -0.311 e. The van der Waals surface area contributed by atoms with Gasteiger partial charge in [0.1, 0.15) is 0 Å². The van der Waals surface area contributed by atoms with Gasteiger partial charge < -0.3 is 10.2 Å². The molecule has 2 aliphatic rings. The van der Waals surface area contributed by atoms with Gasteiger partial charge in [0.25, 0.3) is 0 Å². The predicted molar refractivity (Wildman–Crippen MR) is 89.8 cm³/mol. The van der Waals surface area contributed by atoms with Gasteiger partial charge in [0.15, 0.2) is 0 Å². The van der Waals surface area contributed by atoms with Gasteiger partial charge in [-0.15, -0.1) is 0 Å². The lowest BCUT2D eigenvalue weighted by Gasteiger charge is -2.41. The molecule has 116 valence electrons. The van der Waals surface area contributed by atoms with E-state index in [1.165, 1.54) is 57.3 Å². The topological polar surface area (TPSA) is 15.3 Å². The van der Waals surface area contributed by atoms with Gasteiger partial charge in [0.2, 0.25) is 0 Å². The van der Waals surface area contributed by atoms with Crippen molar-refractivity contribution in [2.75, 3.05) is 19.6 Å². The molecular weight excluding hydrogens is 256 g/mol. The van der Waals surface area contributed by atoms with E-state index < -0.39 is 0 Å². The first-order chi connectivity index (χ1) is 10.2. The molecule has 0 unspecified atom stereocenters. The van der Waals surface area contributed by atoms with Crippen molar-refractivity contribution in [3.63, 3.8) is 0 Å². The van der Waals surface area contributed by atoms with Gasteiger partial charge in [0.05, 0.1) is 0 Å². The van der Waals surface area contributed by atoms with Crippen LogP contribution in [0.1, 0.15) is 56.1 Å². The molecule has 0 amide bonds. The number of likely N-dealkylation sites (tertiary alicyclic amines) is 1. The van der Waals surface area contributed by atoms with E-state index in [9.17, 15) is 0 Å². The van der Waals surface area contributed by atoms with Crippen molar-refractivity contribution in [3.8, 4) is 0 Å². The SMILES string of the molecule is CCCN1CCC(NC2CC(c3cccc(C)c3)C2)CC1. The zero-order valence-corrected chi connectivity index (χ0v) is 13.6. The molecule has 0 bridgehead atoms. The predicted octanol–water partition coefficient (Wildman–Crippen LogP) is 3.71. The standard InChI is InChI=1S/C19H30N2/c1-3-9-21-10-7-18(8-11-21)20-19-13-17(14-19)16-6-4-5-15(2)12-16/h4-6,12,17-20H,3,7-11,13-14H2,1-2H3. The number of aryl methyl sites for hydroxylation is 1. The van der Waals surface area contributed by atoms with E-state index in [4.69, 9.17) is 0 Å². The van der Waals surface area contributed by atoms with Gasteiger partial charge in [-0.3, -0.25) is 0 Å². The average molecular weight is 286 g/mol. The molecular formula is C19H30N2. The zero-order valence-electron chi connectivity index (χ0n) is 13.6. The Bertz CT molecular complexity index is 443. The van der Waals surface area contributed by atoms with Crippen molar-refractivity contribution in [1.29, 1.82) is 0 Å². The van der Waals surface area contributed by atoms with Crippen LogP contribution in [0.3, 0.4) is 0 Å². The minimum atomic E-state index is 0.762. The van der Waals surface area contributed by atoms with Crippen LogP contribution in [-0.2, 0) is 0 Å². The smallest absolute Gasteiger partial charge is 0.00940 e. The highest BCUT2D eigenvalue weighted by Gasteiger charge is 2.32. The van der Waals surface area contributed by atoms with Crippen LogP contribution in [0, 0.1) is 6.92 Å². The summed E-state index contributed by atoms with van der Waals surface area (Å²) < 4.78 is 0. The van der Waals surface area contributed by atoms with Crippen LogP contribution < -0.4 is 5.32 Å². The van der Waals surface area contributed by atoms with E-state index >= 15 is 0 Å². The Kier molecular flexibility index (Phi) is 4.97. The molecule has 0 aromatic heterocycles. The van der Waals surface area contributed by atoms with Crippen molar-refractivity contribution in [2.24, 2.45) is 0 Å². The molecule has 1 N–H and O–H groups in total. The third-order valence-electron chi connectivity index (χ3n) is 5.25. The van der Waals surface area contributed by atoms with Crippen LogP contribution in [0.25, 0.3) is 0 Å². The van der Waals surface area contributed by atoms with E-state index in [0.717, 1.165) is 18.0 Å². The number of hydrogen-bond acceptors (Lipinski definition) is 2. The third kappa shape index (κ3) is 3.87. The summed E-state index contributed by atoms with van der Waals surface area (Å²) >= 11 is 0. The summed E-state index contributed by atoms with van der Waals surface area (Å²) in [6.45, 7) is 8.34. The summed E-state index contributed by atoms with van der Waals surface area (Å²) in [7, 11) is 0. The molecule has 3 rings (SSSR count). The average Bonchev–Trinajstić information content (AvgIpc) is 2.44. The van der Waals surface area contributed by atoms with Crippen LogP contribution in [0.2, 0.25) is 0 Å². The zero-order chi connectivity index (χ0) is 14.7. The highest BCUT2D eigenvalue weighted by molar-refractivity contribution is 5.27. The van der Waals surface area contributed by atoms with Crippen molar-refractivity contribution >= 4 is 0 Å². The monoisotopic (exact) mass is 286 g/mol. The number of rotatable bonds is 5. The lowest BCUT2D eigenvalue weighted by atomic mass is 9.75. The molecule has 0 radical (unpaired) electrons. The quantitative estimate of drug-likeness (QED) is 0.888. The van der Waals surface area contributed by atoms with Gasteiger partial charge in [-0.25, -0.2) is 0 Å². The molecule has 1 saturated carbocycles. The fraction of sp³-hybridized carbons (Fsp3) is 0.684. The van der Waals surface area contributed by atoms with Crippen molar-refractivity contribution < 1.29 is 0 Å². The summed E-state index contributed by atoms with van der Waals surface area (Å²) in [5.74, 6) is 0.794. The Morgan fingerprint density at radius 2 is 1.90 bits per heavy atom. The van der Waals surface area contributed by atoms with Gasteiger partial charge in [-0.05, 0) is 70.1 Å². The summed E-state index contributed by atoms with van der Waals surface area (Å²) in [5, 5.41) is 3.91. The molecule has 1 saturated heterocycles. The van der Waals surface area contributed by atoms with Gasteiger partial charge >= 0.3 is 0 Å². The minimum absolute atomic E-state index is 0.762. The number of nitrogens with one attached hydrogen (secondary N) is 1. The van der Waals surface area contributed by atoms with Gasteiger partial charge in [0, 0.05) is 12.1 Å². The molecule has 2 heteroatoms. The second-order valence-corrected chi connectivity index (χ2v) is 7.06. The van der Waals surface area contributed by atoms with E-state index in [2.05, 4.69) is 48.3 Å². The Balaban J connectivity index is 1.39. The Labute approximate surface area is 129 Å². The van der Waals surface area contributed by atoms with Crippen molar-refractivity contribution in [2.45, 2.75) is 64.0 Å². The lowest BCUT2D eigenvalue weighted by Crippen LogP contribution is -2.50. The molecule has 0 spiro atoms. The van der Waals surface area contributed by atoms with Crippen LogP contribution in [0.15, 0.2) is 24.3 Å². The maximum atomic E-state index is 3.91. The molecule has 2 nitrogen and oxygen atoms in total. The maximum Gasteiger partial charge on any atom is 0.00940 e. The largest absolute Gasteiger partial charge is 0.311 e. The molecule has 2 fully saturated rings. The van der Waals surface area contributed by atoms with Gasteiger partial charge in [-0.1, -0.05) is 36.8 Å². The normalized spacial score (nSPS) is 27.5. The molecule has 1 aliphatic heterocycles. The highest BCUT2D eigenvalue weighted by Crippen LogP contribution is 2.37. The van der Waals surface area contributed by atoms with Crippen LogP contribution in [0.4, 0.5) is 0 Å². The lowest BCUT2D eigenvalue weighted by molar-refractivity contribution is 0.171. The summed E-state index contributed by atoms with van der Waals surface area (Å²) in [5.41, 5.74) is 2.94. The van der Waals surface area contributed by atoms with E-state index in [0.29, 0.717) is 0 Å². The first-order valence-corrected chi connectivity index (χ1v) is 8.79. The molecule has 0 atom stereocenters. The van der Waals surface area contributed by atoms with Crippen molar-refractivity contribution in [3.05, 3.63) is 35.4 Å². The first kappa shape index (κ1) is 15.1. The van der Waals surface area contributed by atoms with Gasteiger partial charge in [-0.2, -0.15) is 0 Å².